The van der Waals surface area contributed by atoms with E-state index in [-0.39, 0.29) is 24.3 Å². The smallest absolute Gasteiger partial charge is 0.328 e. The predicted molar refractivity (Wildman–Crippen MR) is 95.6 cm³/mol. The second-order valence-electron chi connectivity index (χ2n) is 5.92. The molecule has 0 aliphatic heterocycles. The number of esters is 1. The Morgan fingerprint density at radius 2 is 1.54 bits per heavy atom. The maximum atomic E-state index is 12.1. The van der Waals surface area contributed by atoms with Gasteiger partial charge in [-0.3, -0.25) is 4.79 Å². The predicted octanol–water partition coefficient (Wildman–Crippen LogP) is 0.404. The van der Waals surface area contributed by atoms with E-state index in [4.69, 9.17) is 27.0 Å². The summed E-state index contributed by atoms with van der Waals surface area (Å²) in [5, 5.41) is 18.2. The molecule has 26 heavy (non-hydrogen) atoms. The van der Waals surface area contributed by atoms with Crippen molar-refractivity contribution in [3.05, 3.63) is 53.6 Å². The molecule has 0 fully saturated rings. The Morgan fingerprint density at radius 3 is 2.12 bits per heavy atom. The number of aliphatic carboxylic acids is 1. The minimum absolute atomic E-state index is 0.0346. The molecule has 0 spiro atoms. The van der Waals surface area contributed by atoms with Crippen LogP contribution in [0.2, 0.25) is 0 Å². The molecule has 0 unspecified atom stereocenters. The molecule has 8 nitrogen and oxygen atoms in total. The van der Waals surface area contributed by atoms with Crippen LogP contribution in [-0.2, 0) is 22.4 Å². The summed E-state index contributed by atoms with van der Waals surface area (Å²) in [5.74, 6) is -1.44. The number of hydrogen-bond acceptors (Lipinski definition) is 7. The van der Waals surface area contributed by atoms with Crippen LogP contribution in [0.1, 0.15) is 11.1 Å². The number of carbonyl (C=O) groups excluding carboxylic acids is 1. The summed E-state index contributed by atoms with van der Waals surface area (Å²) in [6, 6.07) is 9.08. The van der Waals surface area contributed by atoms with Gasteiger partial charge in [0.25, 0.3) is 0 Å². The molecule has 0 amide bonds. The number of phenolic OH excluding ortho intramolecular Hbond substituents is 1. The Hall–Kier alpha value is -3.10. The third kappa shape index (κ3) is 5.20. The lowest BCUT2D eigenvalue weighted by Gasteiger charge is -2.13. The molecule has 138 valence electrons. The van der Waals surface area contributed by atoms with Gasteiger partial charge in [-0.25, -0.2) is 4.79 Å². The number of rotatable bonds is 7. The van der Waals surface area contributed by atoms with Crippen LogP contribution < -0.4 is 21.9 Å². The summed E-state index contributed by atoms with van der Waals surface area (Å²) in [6.07, 6.45) is 0.375. The second kappa shape index (κ2) is 8.32. The van der Waals surface area contributed by atoms with Crippen molar-refractivity contribution in [1.29, 1.82) is 0 Å². The van der Waals surface area contributed by atoms with Crippen molar-refractivity contribution < 1.29 is 24.5 Å². The molecule has 2 atom stereocenters. The lowest BCUT2D eigenvalue weighted by molar-refractivity contribution is -0.138. The number of benzene rings is 2. The van der Waals surface area contributed by atoms with E-state index in [1.807, 2.05) is 0 Å². The number of carboxylic acid groups (broad SMARTS) is 1. The number of anilines is 1. The van der Waals surface area contributed by atoms with Gasteiger partial charge in [0.05, 0.1) is 5.69 Å². The Labute approximate surface area is 150 Å². The topological polar surface area (TPSA) is 162 Å². The van der Waals surface area contributed by atoms with Gasteiger partial charge in [0.1, 0.15) is 23.6 Å². The first kappa shape index (κ1) is 19.2. The molecule has 0 radical (unpaired) electrons. The number of ether oxygens (including phenoxy) is 1. The van der Waals surface area contributed by atoms with Crippen LogP contribution in [0.25, 0.3) is 0 Å². The number of nitrogens with two attached hydrogens (primary N) is 3. The van der Waals surface area contributed by atoms with Crippen molar-refractivity contribution >= 4 is 17.6 Å². The third-order valence-corrected chi connectivity index (χ3v) is 3.76. The lowest BCUT2D eigenvalue weighted by Crippen LogP contribution is -2.36. The van der Waals surface area contributed by atoms with Crippen molar-refractivity contribution in [3.8, 4) is 11.5 Å². The molecular formula is C18H21N3O5. The molecule has 8 heteroatoms. The first-order chi connectivity index (χ1) is 12.3. The van der Waals surface area contributed by atoms with Crippen LogP contribution in [0.4, 0.5) is 5.69 Å². The zero-order valence-electron chi connectivity index (χ0n) is 14.0. The largest absolute Gasteiger partial charge is 0.506 e. The third-order valence-electron chi connectivity index (χ3n) is 3.76. The fourth-order valence-corrected chi connectivity index (χ4v) is 2.29. The molecule has 0 heterocycles. The molecule has 8 N–H and O–H groups in total. The van der Waals surface area contributed by atoms with E-state index < -0.39 is 24.0 Å². The van der Waals surface area contributed by atoms with Crippen molar-refractivity contribution in [1.82, 2.24) is 0 Å². The maximum absolute atomic E-state index is 12.1. The van der Waals surface area contributed by atoms with E-state index in [0.717, 1.165) is 0 Å². The number of hydrogen-bond donors (Lipinski definition) is 5. The molecule has 0 bridgehead atoms. The molecule has 2 rings (SSSR count). The summed E-state index contributed by atoms with van der Waals surface area (Å²) < 4.78 is 5.22. The van der Waals surface area contributed by atoms with E-state index in [9.17, 15) is 14.7 Å². The number of carboxylic acids is 1. The standard InChI is InChI=1S/C18H21N3O5/c19-13-8-11(3-6-16(13)22)9-15(21)18(25)26-12-4-1-10(2-5-12)7-14(20)17(23)24/h1-6,8,14-15,22H,7,9,19-21H2,(H,23,24)/t14-,15-/m0/s1. The molecular weight excluding hydrogens is 338 g/mol. The first-order valence-electron chi connectivity index (χ1n) is 7.88. The molecule has 0 saturated heterocycles. The maximum Gasteiger partial charge on any atom is 0.328 e. The number of aromatic hydroxyl groups is 1. The highest BCUT2D eigenvalue weighted by Gasteiger charge is 2.17. The van der Waals surface area contributed by atoms with Crippen LogP contribution in [0.3, 0.4) is 0 Å². The van der Waals surface area contributed by atoms with Gasteiger partial charge in [0.15, 0.2) is 0 Å². The molecule has 2 aromatic carbocycles. The Kier molecular flexibility index (Phi) is 6.16. The zero-order chi connectivity index (χ0) is 19.3. The van der Waals surface area contributed by atoms with Crippen LogP contribution in [-0.4, -0.2) is 34.2 Å². The van der Waals surface area contributed by atoms with Gasteiger partial charge >= 0.3 is 11.9 Å². The quantitative estimate of drug-likeness (QED) is 0.205. The summed E-state index contributed by atoms with van der Waals surface area (Å²) >= 11 is 0. The van der Waals surface area contributed by atoms with E-state index >= 15 is 0 Å². The molecule has 0 saturated carbocycles. The van der Waals surface area contributed by atoms with E-state index in [1.54, 1.807) is 36.4 Å². The molecule has 2 aromatic rings. The average molecular weight is 359 g/mol. The van der Waals surface area contributed by atoms with Crippen molar-refractivity contribution in [2.45, 2.75) is 24.9 Å². The fourth-order valence-electron chi connectivity index (χ4n) is 2.29. The van der Waals surface area contributed by atoms with Crippen molar-refractivity contribution in [2.24, 2.45) is 11.5 Å². The Balaban J connectivity index is 1.93. The average Bonchev–Trinajstić information content (AvgIpc) is 2.59. The van der Waals surface area contributed by atoms with Crippen molar-refractivity contribution in [3.63, 3.8) is 0 Å². The zero-order valence-corrected chi connectivity index (χ0v) is 14.0. The summed E-state index contributed by atoms with van der Waals surface area (Å²) in [6.45, 7) is 0. The number of nitrogen functional groups attached to an aromatic ring is 1. The summed E-state index contributed by atoms with van der Waals surface area (Å²) in [4.78, 5) is 22.8. The second-order valence-corrected chi connectivity index (χ2v) is 5.92. The van der Waals surface area contributed by atoms with Crippen LogP contribution in [0, 0.1) is 0 Å². The number of carbonyl (C=O) groups is 2. The van der Waals surface area contributed by atoms with Gasteiger partial charge in [0, 0.05) is 0 Å². The lowest BCUT2D eigenvalue weighted by atomic mass is 10.1. The summed E-state index contributed by atoms with van der Waals surface area (Å²) in [7, 11) is 0. The number of phenols is 1. The SMILES string of the molecule is Nc1cc(C[C@H](N)C(=O)Oc2ccc(C[C@H](N)C(=O)O)cc2)ccc1O. The van der Waals surface area contributed by atoms with Crippen molar-refractivity contribution in [2.75, 3.05) is 5.73 Å². The minimum atomic E-state index is -1.08. The molecule has 0 aromatic heterocycles. The van der Waals surface area contributed by atoms with Gasteiger partial charge in [-0.15, -0.1) is 0 Å². The van der Waals surface area contributed by atoms with Gasteiger partial charge in [-0.1, -0.05) is 18.2 Å². The van der Waals surface area contributed by atoms with Crippen LogP contribution >= 0.6 is 0 Å². The van der Waals surface area contributed by atoms with Gasteiger partial charge in [-0.2, -0.15) is 0 Å². The Bertz CT molecular complexity index is 792. The molecule has 0 aliphatic carbocycles. The molecule has 0 aliphatic rings. The summed E-state index contributed by atoms with van der Waals surface area (Å²) in [5.41, 5.74) is 18.6. The van der Waals surface area contributed by atoms with Crippen LogP contribution in [0.15, 0.2) is 42.5 Å². The fraction of sp³-hybridized carbons (Fsp3) is 0.222. The highest BCUT2D eigenvalue weighted by Crippen LogP contribution is 2.21. The van der Waals surface area contributed by atoms with Crippen LogP contribution in [0.5, 0.6) is 11.5 Å². The van der Waals surface area contributed by atoms with Gasteiger partial charge in [-0.05, 0) is 48.2 Å². The van der Waals surface area contributed by atoms with E-state index in [0.29, 0.717) is 16.9 Å². The highest BCUT2D eigenvalue weighted by molar-refractivity contribution is 5.78. The van der Waals surface area contributed by atoms with Gasteiger partial charge < -0.3 is 32.2 Å². The minimum Gasteiger partial charge on any atom is -0.506 e. The Morgan fingerprint density at radius 1 is 0.962 bits per heavy atom. The van der Waals surface area contributed by atoms with Gasteiger partial charge in [0.2, 0.25) is 0 Å². The highest BCUT2D eigenvalue weighted by atomic mass is 16.5. The monoisotopic (exact) mass is 359 g/mol. The first-order valence-corrected chi connectivity index (χ1v) is 7.88. The normalized spacial score (nSPS) is 13.0. The van der Waals surface area contributed by atoms with E-state index in [2.05, 4.69) is 0 Å². The van der Waals surface area contributed by atoms with E-state index in [1.165, 1.54) is 6.07 Å².